The Balaban J connectivity index is 0.00000512. The summed E-state index contributed by atoms with van der Waals surface area (Å²) < 4.78 is 35.9. The van der Waals surface area contributed by atoms with E-state index in [2.05, 4.69) is 22.5 Å². The van der Waals surface area contributed by atoms with Crippen LogP contribution in [0.4, 0.5) is 8.78 Å². The van der Waals surface area contributed by atoms with E-state index in [1.807, 2.05) is 11.8 Å². The third-order valence-electron chi connectivity index (χ3n) is 5.07. The van der Waals surface area contributed by atoms with Crippen LogP contribution in [0.5, 0.6) is 11.5 Å². The minimum absolute atomic E-state index is 0. The van der Waals surface area contributed by atoms with Gasteiger partial charge >= 0.3 is 6.61 Å². The van der Waals surface area contributed by atoms with Crippen LogP contribution in [0.25, 0.3) is 0 Å². The minimum Gasteiger partial charge on any atom is -0.490 e. The standard InChI is InChI=1S/C22H34F2N4O3.HI/c1-4-25-22(26-13-12-19(29)28-14-7-6-9-16(28)3)27-15-17-10-8-11-18(30-5-2)20(17)31-21(23)24;/h8,10-11,16,21H,4-7,9,12-15H2,1-3H3,(H2,25,26,27);1H. The second kappa shape index (κ2) is 15.1. The molecular formula is C22H35F2IN4O3. The maximum absolute atomic E-state index is 12.9. The van der Waals surface area contributed by atoms with Crippen molar-refractivity contribution in [3.05, 3.63) is 23.8 Å². The molecule has 2 N–H and O–H groups in total. The molecule has 1 atom stereocenters. The number of halogens is 3. The molecule has 7 nitrogen and oxygen atoms in total. The lowest BCUT2D eigenvalue weighted by atomic mass is 10.0. The Hall–Kier alpha value is -1.85. The van der Waals surface area contributed by atoms with Crippen molar-refractivity contribution in [2.45, 2.75) is 65.7 Å². The van der Waals surface area contributed by atoms with Crippen molar-refractivity contribution in [1.29, 1.82) is 0 Å². The minimum atomic E-state index is -2.96. The van der Waals surface area contributed by atoms with Crippen molar-refractivity contribution in [3.63, 3.8) is 0 Å². The highest BCUT2D eigenvalue weighted by atomic mass is 127. The zero-order chi connectivity index (χ0) is 22.6. The Morgan fingerprint density at radius 3 is 2.72 bits per heavy atom. The molecule has 10 heteroatoms. The van der Waals surface area contributed by atoms with Gasteiger partial charge in [0.25, 0.3) is 0 Å². The van der Waals surface area contributed by atoms with Crippen LogP contribution in [0.3, 0.4) is 0 Å². The number of nitrogens with zero attached hydrogens (tertiary/aromatic N) is 2. The van der Waals surface area contributed by atoms with Gasteiger partial charge in [-0.2, -0.15) is 8.78 Å². The summed E-state index contributed by atoms with van der Waals surface area (Å²) in [6, 6.07) is 5.26. The molecule has 1 aromatic rings. The van der Waals surface area contributed by atoms with Crippen LogP contribution in [0.2, 0.25) is 0 Å². The zero-order valence-corrected chi connectivity index (χ0v) is 21.4. The predicted octanol–water partition coefficient (Wildman–Crippen LogP) is 4.15. The molecule has 0 bridgehead atoms. The van der Waals surface area contributed by atoms with E-state index >= 15 is 0 Å². The monoisotopic (exact) mass is 568 g/mol. The fourth-order valence-electron chi connectivity index (χ4n) is 3.58. The fourth-order valence-corrected chi connectivity index (χ4v) is 3.58. The smallest absolute Gasteiger partial charge is 0.387 e. The van der Waals surface area contributed by atoms with Gasteiger partial charge in [-0.05, 0) is 46.1 Å². The quantitative estimate of drug-likeness (QED) is 0.252. The van der Waals surface area contributed by atoms with Crippen LogP contribution in [0, 0.1) is 0 Å². The lowest BCUT2D eigenvalue weighted by Crippen LogP contribution is -2.44. The highest BCUT2D eigenvalue weighted by Crippen LogP contribution is 2.33. The van der Waals surface area contributed by atoms with E-state index in [-0.39, 0.29) is 54.0 Å². The number of para-hydroxylation sites is 1. The first-order valence-corrected chi connectivity index (χ1v) is 11.0. The van der Waals surface area contributed by atoms with Crippen molar-refractivity contribution >= 4 is 35.8 Å². The Kier molecular flexibility index (Phi) is 13.3. The van der Waals surface area contributed by atoms with E-state index in [9.17, 15) is 13.6 Å². The molecule has 182 valence electrons. The van der Waals surface area contributed by atoms with Crippen molar-refractivity contribution in [2.75, 3.05) is 26.2 Å². The molecular weight excluding hydrogens is 533 g/mol. The van der Waals surface area contributed by atoms with E-state index in [4.69, 9.17) is 9.47 Å². The van der Waals surface area contributed by atoms with Crippen molar-refractivity contribution < 1.29 is 23.0 Å². The van der Waals surface area contributed by atoms with E-state index in [0.717, 1.165) is 19.4 Å². The molecule has 0 saturated carbocycles. The van der Waals surface area contributed by atoms with E-state index < -0.39 is 6.61 Å². The first-order chi connectivity index (χ1) is 15.0. The molecule has 1 aliphatic rings. The SMILES string of the molecule is CCNC(=NCc1cccc(OCC)c1OC(F)F)NCCC(=O)N1CCCCC1C.I. The Morgan fingerprint density at radius 2 is 2.06 bits per heavy atom. The van der Waals surface area contributed by atoms with Gasteiger partial charge < -0.3 is 25.0 Å². The predicted molar refractivity (Wildman–Crippen MR) is 132 cm³/mol. The zero-order valence-electron chi connectivity index (χ0n) is 19.0. The topological polar surface area (TPSA) is 75.2 Å². The van der Waals surface area contributed by atoms with Crippen molar-refractivity contribution in [2.24, 2.45) is 4.99 Å². The summed E-state index contributed by atoms with van der Waals surface area (Å²) >= 11 is 0. The summed E-state index contributed by atoms with van der Waals surface area (Å²) in [6.45, 7) is 5.17. The van der Waals surface area contributed by atoms with Crippen LogP contribution >= 0.6 is 24.0 Å². The highest BCUT2D eigenvalue weighted by Gasteiger charge is 2.22. The van der Waals surface area contributed by atoms with Gasteiger partial charge in [0.1, 0.15) is 0 Å². The van der Waals surface area contributed by atoms with Gasteiger partial charge in [-0.1, -0.05) is 12.1 Å². The summed E-state index contributed by atoms with van der Waals surface area (Å²) in [4.78, 5) is 18.9. The number of alkyl halides is 2. The molecule has 0 aliphatic carbocycles. The van der Waals surface area contributed by atoms with E-state index in [1.165, 1.54) is 6.42 Å². The highest BCUT2D eigenvalue weighted by molar-refractivity contribution is 14.0. The Labute approximate surface area is 206 Å². The molecule has 1 saturated heterocycles. The lowest BCUT2D eigenvalue weighted by Gasteiger charge is -2.33. The number of ether oxygens (including phenoxy) is 2. The number of benzene rings is 1. The Bertz CT molecular complexity index is 737. The maximum atomic E-state index is 12.9. The second-order valence-corrected chi connectivity index (χ2v) is 7.36. The first kappa shape index (κ1) is 28.2. The normalized spacial score (nSPS) is 16.4. The van der Waals surface area contributed by atoms with Crippen LogP contribution in [0.15, 0.2) is 23.2 Å². The average Bonchev–Trinajstić information content (AvgIpc) is 2.73. The number of aliphatic imine (C=N–C) groups is 1. The van der Waals surface area contributed by atoms with Gasteiger partial charge in [0, 0.05) is 37.7 Å². The summed E-state index contributed by atoms with van der Waals surface area (Å²) in [5.74, 6) is 0.891. The van der Waals surface area contributed by atoms with E-state index in [1.54, 1.807) is 25.1 Å². The third-order valence-corrected chi connectivity index (χ3v) is 5.07. The fraction of sp³-hybridized carbons (Fsp3) is 0.636. The molecule has 1 unspecified atom stereocenters. The lowest BCUT2D eigenvalue weighted by molar-refractivity contribution is -0.134. The molecule has 2 rings (SSSR count). The number of piperidine rings is 1. The average molecular weight is 568 g/mol. The van der Waals surface area contributed by atoms with Gasteiger partial charge in [0.15, 0.2) is 17.5 Å². The number of hydrogen-bond donors (Lipinski definition) is 2. The maximum Gasteiger partial charge on any atom is 0.387 e. The molecule has 1 heterocycles. The van der Waals surface area contributed by atoms with Crippen molar-refractivity contribution in [1.82, 2.24) is 15.5 Å². The van der Waals surface area contributed by atoms with Gasteiger partial charge in [-0.15, -0.1) is 24.0 Å². The number of carbonyl (C=O) groups excluding carboxylic acids is 1. The van der Waals surface area contributed by atoms with Gasteiger partial charge in [0.2, 0.25) is 5.91 Å². The second-order valence-electron chi connectivity index (χ2n) is 7.36. The number of carbonyl (C=O) groups is 1. The summed E-state index contributed by atoms with van der Waals surface area (Å²) in [5.41, 5.74) is 0.488. The third kappa shape index (κ3) is 8.95. The van der Waals surface area contributed by atoms with Crippen LogP contribution < -0.4 is 20.1 Å². The Morgan fingerprint density at radius 1 is 1.28 bits per heavy atom. The number of hydrogen-bond acceptors (Lipinski definition) is 4. The van der Waals surface area contributed by atoms with Gasteiger partial charge in [0.05, 0.1) is 13.2 Å². The number of amides is 1. The molecule has 0 radical (unpaired) electrons. The molecule has 1 fully saturated rings. The molecule has 1 aliphatic heterocycles. The summed E-state index contributed by atoms with van der Waals surface area (Å²) in [5, 5.41) is 6.26. The molecule has 1 amide bonds. The van der Waals surface area contributed by atoms with Gasteiger partial charge in [-0.3, -0.25) is 4.79 Å². The number of nitrogens with one attached hydrogen (secondary N) is 2. The van der Waals surface area contributed by atoms with Crippen LogP contribution in [-0.4, -0.2) is 55.7 Å². The van der Waals surface area contributed by atoms with Crippen LogP contribution in [0.1, 0.15) is 52.0 Å². The molecule has 1 aromatic carbocycles. The van der Waals surface area contributed by atoms with Gasteiger partial charge in [-0.25, -0.2) is 4.99 Å². The molecule has 0 spiro atoms. The number of likely N-dealkylation sites (tertiary alicyclic amines) is 1. The molecule has 0 aromatic heterocycles. The summed E-state index contributed by atoms with van der Waals surface area (Å²) in [6.07, 6.45) is 3.64. The largest absolute Gasteiger partial charge is 0.490 e. The number of rotatable bonds is 10. The first-order valence-electron chi connectivity index (χ1n) is 11.0. The number of guanidine groups is 1. The molecule has 32 heavy (non-hydrogen) atoms. The van der Waals surface area contributed by atoms with Crippen molar-refractivity contribution in [3.8, 4) is 11.5 Å². The summed E-state index contributed by atoms with van der Waals surface area (Å²) in [7, 11) is 0. The van der Waals surface area contributed by atoms with Crippen LogP contribution in [-0.2, 0) is 11.3 Å². The van der Waals surface area contributed by atoms with E-state index in [0.29, 0.717) is 37.6 Å².